The molecule has 13 heteroatoms. The van der Waals surface area contributed by atoms with Crippen LogP contribution in [0.3, 0.4) is 0 Å². The molecule has 1 aliphatic heterocycles. The highest BCUT2D eigenvalue weighted by atomic mass is 127. The summed E-state index contributed by atoms with van der Waals surface area (Å²) in [6.45, 7) is -1.25. The number of nitrogens with zero attached hydrogens (tertiary/aromatic N) is 3. The van der Waals surface area contributed by atoms with Crippen molar-refractivity contribution in [1.82, 2.24) is 20.4 Å². The third-order valence-electron chi connectivity index (χ3n) is 4.43. The average Bonchev–Trinajstić information content (AvgIpc) is 2.56. The minimum absolute atomic E-state index is 0. The van der Waals surface area contributed by atoms with Crippen LogP contribution in [0.25, 0.3) is 0 Å². The number of likely N-dealkylation sites (N-methyl/N-ethyl adjacent to an activating group) is 1. The van der Waals surface area contributed by atoms with Crippen LogP contribution in [0.1, 0.15) is 19.3 Å². The van der Waals surface area contributed by atoms with Crippen LogP contribution in [-0.2, 0) is 4.79 Å². The summed E-state index contributed by atoms with van der Waals surface area (Å²) in [4.78, 5) is 17.6. The largest absolute Gasteiger partial charge is 0.406 e. The molecule has 0 aromatic carbocycles. The molecule has 0 saturated carbocycles. The lowest BCUT2D eigenvalue weighted by atomic mass is 9.93. The second-order valence-electron chi connectivity index (χ2n) is 6.84. The van der Waals surface area contributed by atoms with Crippen molar-refractivity contribution in [2.24, 2.45) is 10.9 Å². The number of piperidine rings is 1. The molecule has 1 heterocycles. The number of guanidine groups is 1. The number of carbonyl (C=O) groups excluding carboxylic acids is 1. The Morgan fingerprint density at radius 3 is 2.17 bits per heavy atom. The highest BCUT2D eigenvalue weighted by molar-refractivity contribution is 14.0. The Hall–Kier alpha value is -0.990. The van der Waals surface area contributed by atoms with E-state index in [0.29, 0.717) is 37.4 Å². The number of amides is 1. The molecule has 1 amide bonds. The third-order valence-corrected chi connectivity index (χ3v) is 4.43. The molecule has 0 unspecified atom stereocenters. The highest BCUT2D eigenvalue weighted by Crippen LogP contribution is 2.23. The van der Waals surface area contributed by atoms with Gasteiger partial charge in [-0.15, -0.1) is 24.0 Å². The standard InChI is InChI=1S/C16H27F6N5O.HI/c1-23-14(25-9-13(28)26(2)10-15(17,18)19)24-6-3-12-4-7-27(8-5-12)11-16(20,21)22;/h12H,3-11H2,1-2H3,(H2,23,24,25);1H. The van der Waals surface area contributed by atoms with Gasteiger partial charge in [-0.25, -0.2) is 0 Å². The van der Waals surface area contributed by atoms with Crippen LogP contribution in [0.5, 0.6) is 0 Å². The van der Waals surface area contributed by atoms with E-state index in [9.17, 15) is 31.1 Å². The molecule has 0 bridgehead atoms. The number of hydrogen-bond acceptors (Lipinski definition) is 3. The number of alkyl halides is 6. The van der Waals surface area contributed by atoms with Crippen LogP contribution in [-0.4, -0.2) is 87.4 Å². The number of halogens is 7. The molecule has 1 fully saturated rings. The summed E-state index contributed by atoms with van der Waals surface area (Å²) in [6, 6.07) is 0. The predicted octanol–water partition coefficient (Wildman–Crippen LogP) is 2.45. The van der Waals surface area contributed by atoms with E-state index in [1.165, 1.54) is 11.9 Å². The summed E-state index contributed by atoms with van der Waals surface area (Å²) >= 11 is 0. The molecule has 0 aromatic rings. The normalized spacial score (nSPS) is 16.9. The molecular formula is C16H28F6IN5O. The first-order valence-electron chi connectivity index (χ1n) is 8.94. The van der Waals surface area contributed by atoms with Crippen LogP contribution < -0.4 is 10.6 Å². The summed E-state index contributed by atoms with van der Waals surface area (Å²) in [5.74, 6) is -0.157. The fourth-order valence-corrected chi connectivity index (χ4v) is 2.95. The molecule has 6 nitrogen and oxygen atoms in total. The first kappa shape index (κ1) is 28.0. The van der Waals surface area contributed by atoms with E-state index < -0.39 is 31.3 Å². The first-order chi connectivity index (χ1) is 12.9. The van der Waals surface area contributed by atoms with E-state index in [1.807, 2.05) is 0 Å². The van der Waals surface area contributed by atoms with E-state index in [4.69, 9.17) is 0 Å². The lowest BCUT2D eigenvalue weighted by molar-refractivity contribution is -0.157. The summed E-state index contributed by atoms with van der Waals surface area (Å²) in [7, 11) is 2.54. The van der Waals surface area contributed by atoms with Crippen molar-refractivity contribution in [2.45, 2.75) is 31.6 Å². The zero-order chi connectivity index (χ0) is 21.4. The molecular weight excluding hydrogens is 519 g/mol. The topological polar surface area (TPSA) is 60.0 Å². The molecule has 1 rings (SSSR count). The Balaban J connectivity index is 0.00000784. The first-order valence-corrected chi connectivity index (χ1v) is 8.94. The van der Waals surface area contributed by atoms with Gasteiger partial charge in [0.15, 0.2) is 5.96 Å². The van der Waals surface area contributed by atoms with E-state index in [2.05, 4.69) is 15.6 Å². The smallest absolute Gasteiger partial charge is 0.356 e. The van der Waals surface area contributed by atoms with Crippen molar-refractivity contribution in [3.63, 3.8) is 0 Å². The molecule has 0 atom stereocenters. The monoisotopic (exact) mass is 547 g/mol. The van der Waals surface area contributed by atoms with Gasteiger partial charge in [0.25, 0.3) is 0 Å². The van der Waals surface area contributed by atoms with Crippen molar-refractivity contribution < 1.29 is 31.1 Å². The van der Waals surface area contributed by atoms with Crippen LogP contribution in [0.2, 0.25) is 0 Å². The molecule has 0 aromatic heterocycles. The molecule has 2 N–H and O–H groups in total. The maximum atomic E-state index is 12.4. The van der Waals surface area contributed by atoms with Gasteiger partial charge in [-0.05, 0) is 38.3 Å². The fraction of sp³-hybridized carbons (Fsp3) is 0.875. The van der Waals surface area contributed by atoms with Gasteiger partial charge >= 0.3 is 12.4 Å². The number of aliphatic imine (C=N–C) groups is 1. The van der Waals surface area contributed by atoms with Gasteiger partial charge in [0.05, 0.1) is 13.1 Å². The number of hydrogen-bond donors (Lipinski definition) is 2. The van der Waals surface area contributed by atoms with Crippen molar-refractivity contribution in [3.05, 3.63) is 0 Å². The van der Waals surface area contributed by atoms with Gasteiger partial charge in [-0.2, -0.15) is 26.3 Å². The summed E-state index contributed by atoms with van der Waals surface area (Å²) in [5.41, 5.74) is 0. The molecule has 0 spiro atoms. The van der Waals surface area contributed by atoms with Crippen LogP contribution in [0, 0.1) is 5.92 Å². The Labute approximate surface area is 183 Å². The molecule has 172 valence electrons. The van der Waals surface area contributed by atoms with E-state index in [-0.39, 0.29) is 42.4 Å². The summed E-state index contributed by atoms with van der Waals surface area (Å²) < 4.78 is 73.9. The van der Waals surface area contributed by atoms with Gasteiger partial charge in [0, 0.05) is 20.6 Å². The van der Waals surface area contributed by atoms with E-state index >= 15 is 0 Å². The maximum absolute atomic E-state index is 12.4. The Morgan fingerprint density at radius 2 is 1.69 bits per heavy atom. The van der Waals surface area contributed by atoms with Gasteiger partial charge < -0.3 is 15.5 Å². The van der Waals surface area contributed by atoms with Crippen molar-refractivity contribution in [3.8, 4) is 0 Å². The number of likely N-dealkylation sites (tertiary alicyclic amines) is 1. The van der Waals surface area contributed by atoms with Crippen molar-refractivity contribution in [1.29, 1.82) is 0 Å². The second-order valence-corrected chi connectivity index (χ2v) is 6.84. The number of carbonyl (C=O) groups is 1. The minimum Gasteiger partial charge on any atom is -0.356 e. The zero-order valence-corrected chi connectivity index (χ0v) is 18.7. The fourth-order valence-electron chi connectivity index (χ4n) is 2.95. The lowest BCUT2D eigenvalue weighted by Crippen LogP contribution is -2.46. The number of nitrogens with one attached hydrogen (secondary N) is 2. The van der Waals surface area contributed by atoms with Crippen LogP contribution in [0.4, 0.5) is 26.3 Å². The Bertz CT molecular complexity index is 521. The minimum atomic E-state index is -4.46. The van der Waals surface area contributed by atoms with Crippen LogP contribution in [0.15, 0.2) is 4.99 Å². The highest BCUT2D eigenvalue weighted by Gasteiger charge is 2.32. The number of rotatable bonds is 7. The quantitative estimate of drug-likeness (QED) is 0.223. The summed E-state index contributed by atoms with van der Waals surface area (Å²) in [5, 5.41) is 5.61. The average molecular weight is 547 g/mol. The van der Waals surface area contributed by atoms with Gasteiger partial charge in [0.1, 0.15) is 6.54 Å². The maximum Gasteiger partial charge on any atom is 0.406 e. The van der Waals surface area contributed by atoms with E-state index in [0.717, 1.165) is 13.5 Å². The van der Waals surface area contributed by atoms with Crippen LogP contribution >= 0.6 is 24.0 Å². The Morgan fingerprint density at radius 1 is 1.10 bits per heavy atom. The van der Waals surface area contributed by atoms with E-state index in [1.54, 1.807) is 0 Å². The second kappa shape index (κ2) is 12.6. The van der Waals surface area contributed by atoms with Gasteiger partial charge in [-0.3, -0.25) is 14.7 Å². The lowest BCUT2D eigenvalue weighted by Gasteiger charge is -2.32. The summed E-state index contributed by atoms with van der Waals surface area (Å²) in [6.07, 6.45) is -6.57. The molecule has 0 radical (unpaired) electrons. The van der Waals surface area contributed by atoms with Gasteiger partial charge in [-0.1, -0.05) is 0 Å². The molecule has 1 saturated heterocycles. The predicted molar refractivity (Wildman–Crippen MR) is 108 cm³/mol. The molecule has 0 aliphatic carbocycles. The molecule has 29 heavy (non-hydrogen) atoms. The SMILES string of the molecule is CN=C(NCCC1CCN(CC(F)(F)F)CC1)NCC(=O)N(C)CC(F)(F)F.I. The van der Waals surface area contributed by atoms with Gasteiger partial charge in [0.2, 0.25) is 5.91 Å². The third kappa shape index (κ3) is 13.0. The zero-order valence-electron chi connectivity index (χ0n) is 16.4. The van der Waals surface area contributed by atoms with Crippen molar-refractivity contribution in [2.75, 3.05) is 53.4 Å². The van der Waals surface area contributed by atoms with Crippen molar-refractivity contribution >= 4 is 35.8 Å². The Kier molecular flexibility index (Phi) is 12.2. The molecule has 1 aliphatic rings.